The molecule has 0 N–H and O–H groups in total. The standard InChI is InChI=1S/C12H16S2/c1-2-3-9-13-10-11-14-12-7-5-4-6-8-12/h4-8,10-11H,2-3,9H2,1H3/b11-10+. The molecular weight excluding hydrogens is 208 g/mol. The van der Waals surface area contributed by atoms with Gasteiger partial charge in [0, 0.05) is 4.90 Å². The highest BCUT2D eigenvalue weighted by Gasteiger charge is 1.86. The van der Waals surface area contributed by atoms with Crippen molar-refractivity contribution in [1.82, 2.24) is 0 Å². The summed E-state index contributed by atoms with van der Waals surface area (Å²) in [7, 11) is 0. The zero-order valence-corrected chi connectivity index (χ0v) is 10.1. The first kappa shape index (κ1) is 11.7. The first-order valence-electron chi connectivity index (χ1n) is 4.92. The maximum atomic E-state index is 2.23. The third-order valence-corrected chi connectivity index (χ3v) is 3.56. The molecule has 0 bridgehead atoms. The summed E-state index contributed by atoms with van der Waals surface area (Å²) in [4.78, 5) is 1.31. The quantitative estimate of drug-likeness (QED) is 0.503. The summed E-state index contributed by atoms with van der Waals surface area (Å²) < 4.78 is 0. The van der Waals surface area contributed by atoms with Crippen LogP contribution in [0.5, 0.6) is 0 Å². The summed E-state index contributed by atoms with van der Waals surface area (Å²) in [5.41, 5.74) is 0. The third-order valence-electron chi connectivity index (χ3n) is 1.71. The second kappa shape index (κ2) is 8.01. The van der Waals surface area contributed by atoms with Crippen LogP contribution in [-0.2, 0) is 0 Å². The van der Waals surface area contributed by atoms with Gasteiger partial charge in [0.25, 0.3) is 0 Å². The van der Waals surface area contributed by atoms with Crippen LogP contribution in [0, 0.1) is 0 Å². The van der Waals surface area contributed by atoms with Gasteiger partial charge in [-0.25, -0.2) is 0 Å². The molecule has 1 aromatic carbocycles. The van der Waals surface area contributed by atoms with E-state index < -0.39 is 0 Å². The predicted octanol–water partition coefficient (Wildman–Crippen LogP) is 4.78. The van der Waals surface area contributed by atoms with E-state index in [0.29, 0.717) is 0 Å². The molecule has 0 atom stereocenters. The second-order valence-corrected chi connectivity index (χ2v) is 4.92. The van der Waals surface area contributed by atoms with E-state index >= 15 is 0 Å². The van der Waals surface area contributed by atoms with Crippen molar-refractivity contribution in [3.05, 3.63) is 41.1 Å². The molecule has 0 nitrogen and oxygen atoms in total. The highest BCUT2D eigenvalue weighted by atomic mass is 32.2. The number of rotatable bonds is 6. The van der Waals surface area contributed by atoms with Gasteiger partial charge in [-0.15, -0.1) is 11.8 Å². The number of thioether (sulfide) groups is 2. The Morgan fingerprint density at radius 3 is 2.64 bits per heavy atom. The highest BCUT2D eigenvalue weighted by Crippen LogP contribution is 2.19. The van der Waals surface area contributed by atoms with Gasteiger partial charge in [-0.2, -0.15) is 0 Å². The molecule has 0 aromatic heterocycles. The molecule has 1 aromatic rings. The van der Waals surface area contributed by atoms with Crippen LogP contribution >= 0.6 is 23.5 Å². The molecule has 0 saturated carbocycles. The van der Waals surface area contributed by atoms with Crippen LogP contribution in [-0.4, -0.2) is 5.75 Å². The molecule has 14 heavy (non-hydrogen) atoms. The van der Waals surface area contributed by atoms with Crippen molar-refractivity contribution in [2.45, 2.75) is 24.7 Å². The first-order chi connectivity index (χ1) is 6.93. The zero-order valence-electron chi connectivity index (χ0n) is 8.48. The highest BCUT2D eigenvalue weighted by molar-refractivity contribution is 8.05. The smallest absolute Gasteiger partial charge is 0.0116 e. The molecular formula is C12H16S2. The van der Waals surface area contributed by atoms with Gasteiger partial charge in [0.1, 0.15) is 0 Å². The predicted molar refractivity (Wildman–Crippen MR) is 68.8 cm³/mol. The Bertz CT molecular complexity index is 254. The number of benzene rings is 1. The van der Waals surface area contributed by atoms with Gasteiger partial charge in [-0.1, -0.05) is 43.3 Å². The van der Waals surface area contributed by atoms with Crippen LogP contribution in [0.3, 0.4) is 0 Å². The van der Waals surface area contributed by atoms with Gasteiger partial charge in [-0.3, -0.25) is 0 Å². The molecule has 76 valence electrons. The minimum Gasteiger partial charge on any atom is -0.134 e. The van der Waals surface area contributed by atoms with Crippen molar-refractivity contribution >= 4 is 23.5 Å². The van der Waals surface area contributed by atoms with Gasteiger partial charge < -0.3 is 0 Å². The Morgan fingerprint density at radius 2 is 1.93 bits per heavy atom. The lowest BCUT2D eigenvalue weighted by Crippen LogP contribution is -1.72. The van der Waals surface area contributed by atoms with Crippen molar-refractivity contribution in [3.63, 3.8) is 0 Å². The van der Waals surface area contributed by atoms with E-state index in [-0.39, 0.29) is 0 Å². The van der Waals surface area contributed by atoms with E-state index in [2.05, 4.69) is 42.0 Å². The van der Waals surface area contributed by atoms with Crippen molar-refractivity contribution in [2.75, 3.05) is 5.75 Å². The lowest BCUT2D eigenvalue weighted by molar-refractivity contribution is 0.898. The minimum atomic E-state index is 1.24. The normalized spacial score (nSPS) is 10.9. The van der Waals surface area contributed by atoms with Crippen LogP contribution in [0.15, 0.2) is 46.0 Å². The average Bonchev–Trinajstić information content (AvgIpc) is 2.25. The van der Waals surface area contributed by atoms with Crippen molar-refractivity contribution in [2.24, 2.45) is 0 Å². The Labute approximate surface area is 95.2 Å². The van der Waals surface area contributed by atoms with Gasteiger partial charge in [0.15, 0.2) is 0 Å². The zero-order chi connectivity index (χ0) is 10.1. The monoisotopic (exact) mass is 224 g/mol. The fourth-order valence-electron chi connectivity index (χ4n) is 0.940. The fraction of sp³-hybridized carbons (Fsp3) is 0.333. The molecule has 0 radical (unpaired) electrons. The van der Waals surface area contributed by atoms with Crippen molar-refractivity contribution < 1.29 is 0 Å². The summed E-state index contributed by atoms with van der Waals surface area (Å²) in [6.45, 7) is 2.23. The van der Waals surface area contributed by atoms with E-state index in [4.69, 9.17) is 0 Å². The molecule has 0 saturated heterocycles. The molecule has 0 amide bonds. The maximum absolute atomic E-state index is 2.23. The lowest BCUT2D eigenvalue weighted by atomic mass is 10.4. The van der Waals surface area contributed by atoms with Crippen molar-refractivity contribution in [1.29, 1.82) is 0 Å². The molecule has 0 aliphatic carbocycles. The minimum absolute atomic E-state index is 1.24. The van der Waals surface area contributed by atoms with Crippen LogP contribution < -0.4 is 0 Å². The second-order valence-electron chi connectivity index (χ2n) is 2.93. The van der Waals surface area contributed by atoms with E-state index in [9.17, 15) is 0 Å². The SMILES string of the molecule is CCCCS/C=C/Sc1ccccc1. The van der Waals surface area contributed by atoms with E-state index in [1.165, 1.54) is 23.5 Å². The average molecular weight is 224 g/mol. The van der Waals surface area contributed by atoms with E-state index in [1.807, 2.05) is 17.8 Å². The molecule has 1 rings (SSSR count). The Hall–Kier alpha value is -0.340. The largest absolute Gasteiger partial charge is 0.134 e. The van der Waals surface area contributed by atoms with Crippen LogP contribution in [0.25, 0.3) is 0 Å². The summed E-state index contributed by atoms with van der Waals surface area (Å²) in [6, 6.07) is 10.4. The van der Waals surface area contributed by atoms with Gasteiger partial charge in [0.2, 0.25) is 0 Å². The molecule has 0 aliphatic heterocycles. The molecule has 0 unspecified atom stereocenters. The topological polar surface area (TPSA) is 0 Å². The van der Waals surface area contributed by atoms with Crippen LogP contribution in [0.4, 0.5) is 0 Å². The maximum Gasteiger partial charge on any atom is 0.0116 e. The molecule has 0 heterocycles. The summed E-state index contributed by atoms with van der Waals surface area (Å²) in [6.07, 6.45) is 2.59. The Kier molecular flexibility index (Phi) is 6.71. The van der Waals surface area contributed by atoms with E-state index in [0.717, 1.165) is 0 Å². The number of hydrogen-bond donors (Lipinski definition) is 0. The Balaban J connectivity index is 2.14. The van der Waals surface area contributed by atoms with E-state index in [1.54, 1.807) is 11.8 Å². The molecule has 0 spiro atoms. The number of unbranched alkanes of at least 4 members (excludes halogenated alkanes) is 1. The molecule has 2 heteroatoms. The van der Waals surface area contributed by atoms with Gasteiger partial charge >= 0.3 is 0 Å². The van der Waals surface area contributed by atoms with Gasteiger partial charge in [0.05, 0.1) is 0 Å². The molecule has 0 fully saturated rings. The molecule has 0 aliphatic rings. The summed E-state index contributed by atoms with van der Waals surface area (Å²) >= 11 is 3.67. The van der Waals surface area contributed by atoms with Crippen LogP contribution in [0.2, 0.25) is 0 Å². The fourth-order valence-corrected chi connectivity index (χ4v) is 2.54. The third kappa shape index (κ3) is 5.40. The summed E-state index contributed by atoms with van der Waals surface area (Å²) in [5, 5.41) is 4.35. The lowest BCUT2D eigenvalue weighted by Gasteiger charge is -1.94. The number of hydrogen-bond acceptors (Lipinski definition) is 2. The van der Waals surface area contributed by atoms with Gasteiger partial charge in [-0.05, 0) is 35.1 Å². The van der Waals surface area contributed by atoms with Crippen LogP contribution in [0.1, 0.15) is 19.8 Å². The summed E-state index contributed by atoms with van der Waals surface area (Å²) in [5.74, 6) is 1.24. The van der Waals surface area contributed by atoms with Crippen molar-refractivity contribution in [3.8, 4) is 0 Å². The first-order valence-corrected chi connectivity index (χ1v) is 6.84. The Morgan fingerprint density at radius 1 is 1.14 bits per heavy atom.